The van der Waals surface area contributed by atoms with Crippen LogP contribution in [0.2, 0.25) is 0 Å². The van der Waals surface area contributed by atoms with Gasteiger partial charge in [0.15, 0.2) is 0 Å². The van der Waals surface area contributed by atoms with E-state index in [-0.39, 0.29) is 0 Å². The van der Waals surface area contributed by atoms with Crippen molar-refractivity contribution in [1.29, 1.82) is 0 Å². The Labute approximate surface area is 143 Å². The van der Waals surface area contributed by atoms with E-state index in [0.717, 1.165) is 17.7 Å². The van der Waals surface area contributed by atoms with Gasteiger partial charge in [-0.15, -0.1) is 0 Å². The molecule has 0 bridgehead atoms. The highest BCUT2D eigenvalue weighted by molar-refractivity contribution is 5.46. The molecule has 0 amide bonds. The van der Waals surface area contributed by atoms with Crippen molar-refractivity contribution < 1.29 is 5.11 Å². The minimum atomic E-state index is 0.354. The van der Waals surface area contributed by atoms with Crippen LogP contribution < -0.4 is 0 Å². The van der Waals surface area contributed by atoms with Gasteiger partial charge in [-0.2, -0.15) is 0 Å². The summed E-state index contributed by atoms with van der Waals surface area (Å²) in [6.45, 7) is 16.5. The van der Waals surface area contributed by atoms with E-state index in [1.54, 1.807) is 0 Å². The maximum absolute atomic E-state index is 10.6. The average Bonchev–Trinajstić information content (AvgIpc) is 2.50. The molecule has 0 aliphatic carbocycles. The topological polar surface area (TPSA) is 23.5 Å². The summed E-state index contributed by atoms with van der Waals surface area (Å²) in [5, 5.41) is 10.6. The molecule has 0 aromatic heterocycles. The Kier molecular flexibility index (Phi) is 8.68. The van der Waals surface area contributed by atoms with Gasteiger partial charge in [-0.25, -0.2) is 0 Å². The van der Waals surface area contributed by atoms with E-state index in [1.165, 1.54) is 44.3 Å². The van der Waals surface area contributed by atoms with Crippen LogP contribution in [0.15, 0.2) is 12.1 Å². The second kappa shape index (κ2) is 9.97. The minimum absolute atomic E-state index is 0.354. The molecule has 0 unspecified atom stereocenters. The Hall–Kier alpha value is -1.02. The van der Waals surface area contributed by atoms with E-state index >= 15 is 0 Å². The lowest BCUT2D eigenvalue weighted by Crippen LogP contribution is -2.25. The molecule has 1 rings (SSSR count). The van der Waals surface area contributed by atoms with Gasteiger partial charge in [0, 0.05) is 6.54 Å². The summed E-state index contributed by atoms with van der Waals surface area (Å²) < 4.78 is 0. The maximum Gasteiger partial charge on any atom is 0.122 e. The molecule has 0 radical (unpaired) electrons. The smallest absolute Gasteiger partial charge is 0.122 e. The zero-order chi connectivity index (χ0) is 17.4. The maximum atomic E-state index is 10.6. The van der Waals surface area contributed by atoms with Crippen LogP contribution in [0.25, 0.3) is 0 Å². The Bertz CT molecular complexity index is 428. The summed E-state index contributed by atoms with van der Waals surface area (Å²) in [6, 6.07) is 4.44. The van der Waals surface area contributed by atoms with Gasteiger partial charge in [0.05, 0.1) is 0 Å². The highest BCUT2D eigenvalue weighted by atomic mass is 16.3. The Morgan fingerprint density at radius 1 is 0.870 bits per heavy atom. The van der Waals surface area contributed by atoms with Gasteiger partial charge in [-0.05, 0) is 54.5 Å². The third kappa shape index (κ3) is 6.18. The van der Waals surface area contributed by atoms with Crippen LogP contribution in [0.5, 0.6) is 5.75 Å². The first-order valence-electron chi connectivity index (χ1n) is 9.48. The summed E-state index contributed by atoms with van der Waals surface area (Å²) in [4.78, 5) is 2.58. The van der Waals surface area contributed by atoms with E-state index in [4.69, 9.17) is 0 Å². The normalized spacial score (nSPS) is 11.9. The fourth-order valence-electron chi connectivity index (χ4n) is 3.01. The van der Waals surface area contributed by atoms with Gasteiger partial charge in [0.1, 0.15) is 5.75 Å². The van der Waals surface area contributed by atoms with Crippen LogP contribution in [-0.4, -0.2) is 23.1 Å². The average molecular weight is 320 g/mol. The highest BCUT2D eigenvalue weighted by Crippen LogP contribution is 2.35. The molecule has 23 heavy (non-hydrogen) atoms. The summed E-state index contributed by atoms with van der Waals surface area (Å²) in [6.07, 6.45) is 5.01. The van der Waals surface area contributed by atoms with Crippen LogP contribution in [-0.2, 0) is 6.54 Å². The van der Waals surface area contributed by atoms with E-state index in [0.29, 0.717) is 17.6 Å². The van der Waals surface area contributed by atoms with E-state index in [1.807, 2.05) is 0 Å². The Morgan fingerprint density at radius 3 is 1.65 bits per heavy atom. The third-order valence-electron chi connectivity index (χ3n) is 4.53. The molecule has 0 spiro atoms. The molecule has 2 heteroatoms. The number of hydrogen-bond acceptors (Lipinski definition) is 2. The predicted octanol–water partition coefficient (Wildman–Crippen LogP) is 6.04. The monoisotopic (exact) mass is 319 g/mol. The number of rotatable bonds is 10. The zero-order valence-corrected chi connectivity index (χ0v) is 16.2. The van der Waals surface area contributed by atoms with Crippen molar-refractivity contribution in [2.24, 2.45) is 0 Å². The van der Waals surface area contributed by atoms with Crippen LogP contribution in [0, 0.1) is 0 Å². The first kappa shape index (κ1) is 20.0. The van der Waals surface area contributed by atoms with Crippen molar-refractivity contribution in [2.45, 2.75) is 85.6 Å². The van der Waals surface area contributed by atoms with Crippen LogP contribution in [0.4, 0.5) is 0 Å². The molecule has 132 valence electrons. The lowest BCUT2D eigenvalue weighted by molar-refractivity contribution is 0.257. The van der Waals surface area contributed by atoms with E-state index < -0.39 is 0 Å². The van der Waals surface area contributed by atoms with Gasteiger partial charge >= 0.3 is 0 Å². The molecule has 1 aromatic carbocycles. The lowest BCUT2D eigenvalue weighted by atomic mass is 9.91. The largest absolute Gasteiger partial charge is 0.507 e. The van der Waals surface area contributed by atoms with E-state index in [9.17, 15) is 5.11 Å². The molecule has 0 fully saturated rings. The van der Waals surface area contributed by atoms with Crippen LogP contribution in [0.3, 0.4) is 0 Å². The van der Waals surface area contributed by atoms with Crippen molar-refractivity contribution in [1.82, 2.24) is 4.90 Å². The van der Waals surface area contributed by atoms with Crippen molar-refractivity contribution >= 4 is 0 Å². The van der Waals surface area contributed by atoms with Gasteiger partial charge < -0.3 is 5.11 Å². The van der Waals surface area contributed by atoms with Gasteiger partial charge in [0.2, 0.25) is 0 Å². The second-order valence-corrected chi connectivity index (χ2v) is 7.42. The fourth-order valence-corrected chi connectivity index (χ4v) is 3.01. The molecule has 0 saturated carbocycles. The Morgan fingerprint density at radius 2 is 1.30 bits per heavy atom. The predicted molar refractivity (Wildman–Crippen MR) is 101 cm³/mol. The van der Waals surface area contributed by atoms with E-state index in [2.05, 4.69) is 58.6 Å². The second-order valence-electron chi connectivity index (χ2n) is 7.42. The van der Waals surface area contributed by atoms with Crippen LogP contribution in [0.1, 0.15) is 95.8 Å². The number of hydrogen-bond donors (Lipinski definition) is 1. The number of nitrogens with zero attached hydrogens (tertiary/aromatic N) is 1. The van der Waals surface area contributed by atoms with Crippen molar-refractivity contribution in [3.05, 3.63) is 28.8 Å². The number of phenols is 1. The van der Waals surface area contributed by atoms with Gasteiger partial charge in [-0.3, -0.25) is 4.90 Å². The van der Waals surface area contributed by atoms with Crippen molar-refractivity contribution in [3.63, 3.8) is 0 Å². The molecule has 0 aliphatic rings. The molecule has 1 N–H and O–H groups in total. The molecule has 0 aliphatic heterocycles. The first-order valence-corrected chi connectivity index (χ1v) is 9.48. The standard InChI is InChI=1S/C21H37NO/c1-7-9-11-22(12-10-8-2)15-18-13-19(16(3)4)21(23)20(14-18)17(5)6/h13-14,16-17,23H,7-12,15H2,1-6H3. The minimum Gasteiger partial charge on any atom is -0.507 e. The summed E-state index contributed by atoms with van der Waals surface area (Å²) >= 11 is 0. The number of unbranched alkanes of at least 4 members (excludes halogenated alkanes) is 2. The molecule has 0 saturated heterocycles. The lowest BCUT2D eigenvalue weighted by Gasteiger charge is -2.24. The zero-order valence-electron chi connectivity index (χ0n) is 16.2. The van der Waals surface area contributed by atoms with Crippen LogP contribution >= 0.6 is 0 Å². The summed E-state index contributed by atoms with van der Waals surface area (Å²) in [5.41, 5.74) is 3.54. The quantitative estimate of drug-likeness (QED) is 0.568. The van der Waals surface area contributed by atoms with Gasteiger partial charge in [-0.1, -0.05) is 66.5 Å². The number of aromatic hydroxyl groups is 1. The Balaban J connectivity index is 3.03. The number of phenolic OH excluding ortho intramolecular Hbond substituents is 1. The highest BCUT2D eigenvalue weighted by Gasteiger charge is 2.16. The molecule has 0 heterocycles. The van der Waals surface area contributed by atoms with Crippen molar-refractivity contribution in [3.8, 4) is 5.75 Å². The van der Waals surface area contributed by atoms with Crippen molar-refractivity contribution in [2.75, 3.05) is 13.1 Å². The van der Waals surface area contributed by atoms with Gasteiger partial charge in [0.25, 0.3) is 0 Å². The fraction of sp³-hybridized carbons (Fsp3) is 0.714. The molecule has 0 atom stereocenters. The summed E-state index contributed by atoms with van der Waals surface area (Å²) in [5.74, 6) is 1.21. The molecular formula is C21H37NO. The summed E-state index contributed by atoms with van der Waals surface area (Å²) in [7, 11) is 0. The third-order valence-corrected chi connectivity index (χ3v) is 4.53. The first-order chi connectivity index (χ1) is 10.9. The number of benzene rings is 1. The molecule has 2 nitrogen and oxygen atoms in total. The SMILES string of the molecule is CCCCN(CCCC)Cc1cc(C(C)C)c(O)c(C(C)C)c1. The molecule has 1 aromatic rings. The molecular weight excluding hydrogens is 282 g/mol.